The smallest absolute Gasteiger partial charge is 1.00 e. The van der Waals surface area contributed by atoms with Crippen molar-refractivity contribution in [2.24, 2.45) is 0 Å². The number of nitrogens with two attached hydrogens (primary N) is 1. The van der Waals surface area contributed by atoms with Crippen molar-refractivity contribution in [2.75, 3.05) is 12.3 Å². The Kier molecular flexibility index (Phi) is 9.41. The summed E-state index contributed by atoms with van der Waals surface area (Å²) in [7, 11) is -16.5. The van der Waals surface area contributed by atoms with Crippen LogP contribution >= 0.6 is 23.5 Å². The van der Waals surface area contributed by atoms with Crippen LogP contribution in [-0.2, 0) is 31.6 Å². The molecule has 0 aliphatic carbocycles. The standard InChI is InChI=1S/C9H16N3O13P3.Na.H/c10-7-1-2-12(9(14)11-7)8-3-5(13)6(23-8)4-22-27(18,19)25-28(20,21)24-26(15,16)17;;/h1-2,5-6,8,13H,3-4H2,(H,18,19)(H,20,21)(H2,10,11,14)(H2,15,16,17);;/q;+1;-1/t5-,6+,8+;;/m0../s1. The van der Waals surface area contributed by atoms with E-state index in [2.05, 4.69) is 18.1 Å². The number of rotatable bonds is 8. The van der Waals surface area contributed by atoms with Gasteiger partial charge >= 0.3 is 58.7 Å². The zero-order chi connectivity index (χ0) is 21.3. The molecule has 16 nitrogen and oxygen atoms in total. The van der Waals surface area contributed by atoms with Crippen molar-refractivity contribution in [3.63, 3.8) is 0 Å². The molecule has 2 rings (SSSR count). The molecule has 0 radical (unpaired) electrons. The summed E-state index contributed by atoms with van der Waals surface area (Å²) in [5.41, 5.74) is 4.58. The van der Waals surface area contributed by atoms with E-state index in [4.69, 9.17) is 25.2 Å². The molecule has 1 aromatic heterocycles. The molecule has 1 saturated heterocycles. The third-order valence-electron chi connectivity index (χ3n) is 3.18. The van der Waals surface area contributed by atoms with Crippen LogP contribution in [0.3, 0.4) is 0 Å². The van der Waals surface area contributed by atoms with Crippen LogP contribution in [-0.4, -0.2) is 53.0 Å². The van der Waals surface area contributed by atoms with Crippen LogP contribution in [0.25, 0.3) is 0 Å². The van der Waals surface area contributed by atoms with Crippen LogP contribution in [0.15, 0.2) is 17.1 Å². The number of aliphatic hydroxyl groups is 1. The quantitative estimate of drug-likeness (QED) is 0.149. The second kappa shape index (κ2) is 10.1. The molecule has 7 N–H and O–H groups in total. The maximum Gasteiger partial charge on any atom is 1.00 e. The van der Waals surface area contributed by atoms with Crippen molar-refractivity contribution in [3.8, 4) is 0 Å². The van der Waals surface area contributed by atoms with Crippen LogP contribution in [0.1, 0.15) is 14.1 Å². The van der Waals surface area contributed by atoms with Crippen molar-refractivity contribution in [3.05, 3.63) is 22.7 Å². The molecule has 20 heteroatoms. The first-order chi connectivity index (χ1) is 12.7. The fourth-order valence-corrected chi connectivity index (χ4v) is 5.18. The molecule has 1 aliphatic rings. The van der Waals surface area contributed by atoms with E-state index in [-0.39, 0.29) is 43.2 Å². The molecule has 0 bridgehead atoms. The third kappa shape index (κ3) is 8.57. The summed E-state index contributed by atoms with van der Waals surface area (Å²) in [5, 5.41) is 9.94. The maximum absolute atomic E-state index is 11.8. The maximum atomic E-state index is 11.8. The second-order valence-electron chi connectivity index (χ2n) is 5.36. The van der Waals surface area contributed by atoms with E-state index in [0.29, 0.717) is 0 Å². The summed E-state index contributed by atoms with van der Waals surface area (Å²) in [6.07, 6.45) is -2.42. The van der Waals surface area contributed by atoms with Crippen molar-refractivity contribution < 1.29 is 87.2 Å². The average Bonchev–Trinajstić information content (AvgIpc) is 2.82. The predicted molar refractivity (Wildman–Crippen MR) is 88.4 cm³/mol. The number of phosphoric acid groups is 3. The van der Waals surface area contributed by atoms with E-state index in [0.717, 1.165) is 4.57 Å². The fraction of sp³-hybridized carbons (Fsp3) is 0.556. The number of hydrogen-bond donors (Lipinski definition) is 6. The Hall–Kier alpha value is 0.01000. The van der Waals surface area contributed by atoms with Crippen LogP contribution in [0.4, 0.5) is 5.82 Å². The molecule has 162 valence electrons. The number of nitrogens with zero attached hydrogens (tertiary/aromatic N) is 2. The molecule has 1 aromatic rings. The van der Waals surface area contributed by atoms with Gasteiger partial charge in [-0.2, -0.15) is 13.6 Å². The number of aromatic nitrogens is 2. The van der Waals surface area contributed by atoms with E-state index in [9.17, 15) is 28.5 Å². The van der Waals surface area contributed by atoms with Gasteiger partial charge in [-0.25, -0.2) is 18.5 Å². The Morgan fingerprint density at radius 2 is 1.86 bits per heavy atom. The third-order valence-corrected chi connectivity index (χ3v) is 6.99. The Morgan fingerprint density at radius 3 is 2.41 bits per heavy atom. The van der Waals surface area contributed by atoms with Gasteiger partial charge in [-0.3, -0.25) is 9.09 Å². The average molecular weight is 491 g/mol. The normalized spacial score (nSPS) is 26.3. The Balaban J connectivity index is 0.00000420. The molecule has 0 amide bonds. The van der Waals surface area contributed by atoms with Crippen molar-refractivity contribution in [2.45, 2.75) is 24.9 Å². The van der Waals surface area contributed by atoms with Crippen LogP contribution in [0.2, 0.25) is 0 Å². The van der Waals surface area contributed by atoms with Crippen LogP contribution in [0.5, 0.6) is 0 Å². The molecule has 29 heavy (non-hydrogen) atoms. The minimum atomic E-state index is -5.65. The minimum Gasteiger partial charge on any atom is -1.00 e. The number of hydrogen-bond acceptors (Lipinski definition) is 11. The molecule has 2 unspecified atom stereocenters. The van der Waals surface area contributed by atoms with E-state index in [1.807, 2.05) is 0 Å². The molecule has 2 heterocycles. The summed E-state index contributed by atoms with van der Waals surface area (Å²) in [4.78, 5) is 50.5. The topological polar surface area (TPSA) is 250 Å². The molecule has 5 atom stereocenters. The Bertz CT molecular complexity index is 927. The van der Waals surface area contributed by atoms with Gasteiger partial charge in [-0.1, -0.05) is 0 Å². The number of nitrogen functional groups attached to an aromatic ring is 1. The first-order valence-corrected chi connectivity index (χ1v) is 11.7. The summed E-state index contributed by atoms with van der Waals surface area (Å²) in [5.74, 6) is -0.0380. The van der Waals surface area contributed by atoms with Gasteiger partial charge in [-0.15, -0.1) is 0 Å². The van der Waals surface area contributed by atoms with Gasteiger partial charge in [0.15, 0.2) is 0 Å². The van der Waals surface area contributed by atoms with E-state index >= 15 is 0 Å². The van der Waals surface area contributed by atoms with Gasteiger partial charge in [0, 0.05) is 12.6 Å². The molecular formula is C9H17N3NaO13P3. The van der Waals surface area contributed by atoms with Crippen LogP contribution in [0, 0.1) is 0 Å². The van der Waals surface area contributed by atoms with Gasteiger partial charge < -0.3 is 36.6 Å². The van der Waals surface area contributed by atoms with Crippen molar-refractivity contribution in [1.29, 1.82) is 0 Å². The Labute approximate surface area is 185 Å². The zero-order valence-corrected chi connectivity index (χ0v) is 19.3. The van der Waals surface area contributed by atoms with Gasteiger partial charge in [0.05, 0.1) is 12.7 Å². The molecule has 0 spiro atoms. The minimum absolute atomic E-state index is 0. The van der Waals surface area contributed by atoms with E-state index in [1.165, 1.54) is 12.3 Å². The largest absolute Gasteiger partial charge is 1.00 e. The van der Waals surface area contributed by atoms with E-state index in [1.54, 1.807) is 0 Å². The summed E-state index contributed by atoms with van der Waals surface area (Å²) < 4.78 is 51.2. The number of anilines is 1. The monoisotopic (exact) mass is 491 g/mol. The number of phosphoric ester groups is 1. The second-order valence-corrected chi connectivity index (χ2v) is 9.78. The van der Waals surface area contributed by atoms with Crippen molar-refractivity contribution in [1.82, 2.24) is 9.55 Å². The van der Waals surface area contributed by atoms with Gasteiger partial charge in [-0.05, 0) is 6.07 Å². The summed E-state index contributed by atoms with van der Waals surface area (Å²) in [6.45, 7) is -0.849. The van der Waals surface area contributed by atoms with Gasteiger partial charge in [0.1, 0.15) is 18.1 Å². The first-order valence-electron chi connectivity index (χ1n) is 7.14. The van der Waals surface area contributed by atoms with Crippen LogP contribution < -0.4 is 41.0 Å². The molecular weight excluding hydrogens is 474 g/mol. The number of ether oxygens (including phenoxy) is 1. The molecule has 1 fully saturated rings. The van der Waals surface area contributed by atoms with E-state index < -0.39 is 54.2 Å². The molecule has 0 saturated carbocycles. The molecule has 0 aromatic carbocycles. The van der Waals surface area contributed by atoms with Gasteiger partial charge in [0.2, 0.25) is 0 Å². The number of aliphatic hydroxyl groups excluding tert-OH is 1. The predicted octanol–water partition coefficient (Wildman–Crippen LogP) is -4.07. The summed E-state index contributed by atoms with van der Waals surface area (Å²) in [6, 6.07) is 1.30. The van der Waals surface area contributed by atoms with Gasteiger partial charge in [0.25, 0.3) is 0 Å². The summed E-state index contributed by atoms with van der Waals surface area (Å²) >= 11 is 0. The SMILES string of the molecule is Nc1ccn([C@H]2C[C@H](O)[C@@H](COP(=O)(O)OP(=O)(O)OP(=O)(O)O)O2)c(=O)n1.[H-].[Na+]. The zero-order valence-electron chi connectivity index (χ0n) is 15.6. The fourth-order valence-electron chi connectivity index (χ4n) is 2.15. The first kappa shape index (κ1) is 27.0. The Morgan fingerprint density at radius 1 is 1.24 bits per heavy atom. The molecule has 1 aliphatic heterocycles. The van der Waals surface area contributed by atoms with Crippen molar-refractivity contribution >= 4 is 29.3 Å².